The highest BCUT2D eigenvalue weighted by molar-refractivity contribution is 5.82. The SMILES string of the molecule is CC(=N)OC1CCc2c(-c3cn(C)nc3-c3ccc(F)cc3)ccnc21. The fourth-order valence-electron chi connectivity index (χ4n) is 3.55. The van der Waals surface area contributed by atoms with Gasteiger partial charge in [-0.3, -0.25) is 15.1 Å². The molecule has 1 aromatic carbocycles. The summed E-state index contributed by atoms with van der Waals surface area (Å²) in [6.45, 7) is 1.63. The highest BCUT2D eigenvalue weighted by atomic mass is 19.1. The van der Waals surface area contributed by atoms with Crippen molar-refractivity contribution >= 4 is 5.90 Å². The molecule has 1 unspecified atom stereocenters. The van der Waals surface area contributed by atoms with Crippen molar-refractivity contribution in [3.05, 3.63) is 59.8 Å². The maximum absolute atomic E-state index is 13.3. The Morgan fingerprint density at radius 3 is 2.73 bits per heavy atom. The number of rotatable bonds is 3. The van der Waals surface area contributed by atoms with Crippen molar-refractivity contribution < 1.29 is 9.13 Å². The van der Waals surface area contributed by atoms with Crippen LogP contribution in [0.25, 0.3) is 22.4 Å². The molecule has 0 saturated heterocycles. The van der Waals surface area contributed by atoms with Crippen molar-refractivity contribution in [1.29, 1.82) is 5.41 Å². The van der Waals surface area contributed by atoms with Gasteiger partial charge in [0.25, 0.3) is 0 Å². The molecule has 5 nitrogen and oxygen atoms in total. The molecule has 0 spiro atoms. The smallest absolute Gasteiger partial charge is 0.178 e. The molecular weight excluding hydrogens is 331 g/mol. The van der Waals surface area contributed by atoms with Crippen molar-refractivity contribution in [3.63, 3.8) is 0 Å². The molecule has 0 radical (unpaired) electrons. The molecule has 2 aromatic heterocycles. The number of hydrogen-bond acceptors (Lipinski definition) is 4. The third-order valence-corrected chi connectivity index (χ3v) is 4.61. The topological polar surface area (TPSA) is 63.8 Å². The van der Waals surface area contributed by atoms with E-state index in [0.717, 1.165) is 46.5 Å². The lowest BCUT2D eigenvalue weighted by molar-refractivity contribution is 0.185. The van der Waals surface area contributed by atoms with Crippen LogP contribution >= 0.6 is 0 Å². The van der Waals surface area contributed by atoms with Crippen LogP contribution in [0.1, 0.15) is 30.7 Å². The molecular formula is C20H19FN4O. The van der Waals surface area contributed by atoms with Gasteiger partial charge < -0.3 is 4.74 Å². The molecule has 3 aromatic rings. The van der Waals surface area contributed by atoms with Crippen LogP contribution in [0, 0.1) is 11.2 Å². The van der Waals surface area contributed by atoms with Gasteiger partial charge in [0.1, 0.15) is 17.6 Å². The van der Waals surface area contributed by atoms with E-state index in [0.29, 0.717) is 0 Å². The molecule has 1 N–H and O–H groups in total. The third-order valence-electron chi connectivity index (χ3n) is 4.61. The molecule has 0 fully saturated rings. The van der Waals surface area contributed by atoms with E-state index in [4.69, 9.17) is 10.1 Å². The maximum Gasteiger partial charge on any atom is 0.178 e. The van der Waals surface area contributed by atoms with E-state index in [2.05, 4.69) is 10.1 Å². The number of aromatic nitrogens is 3. The lowest BCUT2D eigenvalue weighted by Crippen LogP contribution is -2.06. The number of aryl methyl sites for hydroxylation is 1. The average Bonchev–Trinajstić information content (AvgIpc) is 3.19. The van der Waals surface area contributed by atoms with E-state index < -0.39 is 0 Å². The van der Waals surface area contributed by atoms with Gasteiger partial charge in [0.15, 0.2) is 5.90 Å². The van der Waals surface area contributed by atoms with Crippen molar-refractivity contribution in [2.24, 2.45) is 7.05 Å². The Hall–Kier alpha value is -3.02. The van der Waals surface area contributed by atoms with Gasteiger partial charge in [-0.15, -0.1) is 0 Å². The van der Waals surface area contributed by atoms with Crippen LogP contribution in [-0.4, -0.2) is 20.7 Å². The normalized spacial score (nSPS) is 15.7. The lowest BCUT2D eigenvalue weighted by atomic mass is 9.97. The van der Waals surface area contributed by atoms with Gasteiger partial charge in [0, 0.05) is 37.5 Å². The number of ether oxygens (including phenoxy) is 1. The Balaban J connectivity index is 1.82. The fourth-order valence-corrected chi connectivity index (χ4v) is 3.55. The Labute approximate surface area is 151 Å². The minimum absolute atomic E-state index is 0.173. The molecule has 0 bridgehead atoms. The van der Waals surface area contributed by atoms with Crippen molar-refractivity contribution in [1.82, 2.24) is 14.8 Å². The molecule has 132 valence electrons. The number of pyridine rings is 1. The first-order valence-corrected chi connectivity index (χ1v) is 8.52. The van der Waals surface area contributed by atoms with E-state index in [1.54, 1.807) is 29.9 Å². The van der Waals surface area contributed by atoms with Crippen LogP contribution in [0.5, 0.6) is 0 Å². The number of halogens is 1. The first kappa shape index (κ1) is 16.4. The molecule has 4 rings (SSSR count). The molecule has 1 aliphatic carbocycles. The van der Waals surface area contributed by atoms with Crippen LogP contribution in [0.3, 0.4) is 0 Å². The minimum atomic E-state index is -0.266. The van der Waals surface area contributed by atoms with Gasteiger partial charge in [0.2, 0.25) is 0 Å². The third kappa shape index (κ3) is 2.87. The Morgan fingerprint density at radius 1 is 1.23 bits per heavy atom. The first-order chi connectivity index (χ1) is 12.5. The van der Waals surface area contributed by atoms with Crippen LogP contribution in [-0.2, 0) is 18.2 Å². The number of hydrogen-bond donors (Lipinski definition) is 1. The molecule has 26 heavy (non-hydrogen) atoms. The molecule has 2 heterocycles. The second-order valence-corrected chi connectivity index (χ2v) is 6.50. The average molecular weight is 350 g/mol. The van der Waals surface area contributed by atoms with Gasteiger partial charge in [-0.2, -0.15) is 5.10 Å². The number of fused-ring (bicyclic) bond motifs is 1. The zero-order chi connectivity index (χ0) is 18.3. The van der Waals surface area contributed by atoms with Gasteiger partial charge in [0.05, 0.1) is 5.69 Å². The number of nitrogens with zero attached hydrogens (tertiary/aromatic N) is 3. The summed E-state index contributed by atoms with van der Waals surface area (Å²) >= 11 is 0. The van der Waals surface area contributed by atoms with Gasteiger partial charge in [-0.05, 0) is 54.3 Å². The second kappa shape index (κ2) is 6.37. The summed E-state index contributed by atoms with van der Waals surface area (Å²) in [7, 11) is 1.88. The second-order valence-electron chi connectivity index (χ2n) is 6.50. The van der Waals surface area contributed by atoms with E-state index in [-0.39, 0.29) is 17.8 Å². The summed E-state index contributed by atoms with van der Waals surface area (Å²) in [6.07, 6.45) is 5.23. The van der Waals surface area contributed by atoms with Crippen LogP contribution in [0.4, 0.5) is 4.39 Å². The van der Waals surface area contributed by atoms with E-state index in [1.165, 1.54) is 12.1 Å². The Bertz CT molecular complexity index is 978. The Morgan fingerprint density at radius 2 is 2.00 bits per heavy atom. The molecule has 0 saturated carbocycles. The Kier molecular flexibility index (Phi) is 4.03. The van der Waals surface area contributed by atoms with Crippen LogP contribution in [0.2, 0.25) is 0 Å². The van der Waals surface area contributed by atoms with E-state index >= 15 is 0 Å². The summed E-state index contributed by atoms with van der Waals surface area (Å²) < 4.78 is 20.7. The molecule has 1 aliphatic rings. The summed E-state index contributed by atoms with van der Waals surface area (Å²) in [5.41, 5.74) is 5.77. The highest BCUT2D eigenvalue weighted by Gasteiger charge is 2.29. The van der Waals surface area contributed by atoms with Crippen molar-refractivity contribution in [3.8, 4) is 22.4 Å². The molecule has 1 atom stereocenters. The van der Waals surface area contributed by atoms with Crippen LogP contribution < -0.4 is 0 Å². The lowest BCUT2D eigenvalue weighted by Gasteiger charge is -2.13. The number of nitrogens with one attached hydrogen (secondary N) is 1. The fraction of sp³-hybridized carbons (Fsp3) is 0.250. The zero-order valence-corrected chi connectivity index (χ0v) is 14.7. The van der Waals surface area contributed by atoms with Crippen LogP contribution in [0.15, 0.2) is 42.7 Å². The zero-order valence-electron chi connectivity index (χ0n) is 14.7. The molecule has 0 aliphatic heterocycles. The van der Waals surface area contributed by atoms with Crippen molar-refractivity contribution in [2.45, 2.75) is 25.9 Å². The highest BCUT2D eigenvalue weighted by Crippen LogP contribution is 2.40. The first-order valence-electron chi connectivity index (χ1n) is 8.52. The molecule has 6 heteroatoms. The van der Waals surface area contributed by atoms with Crippen molar-refractivity contribution in [2.75, 3.05) is 0 Å². The summed E-state index contributed by atoms with van der Waals surface area (Å²) in [5, 5.41) is 12.2. The number of benzene rings is 1. The maximum atomic E-state index is 13.3. The largest absolute Gasteiger partial charge is 0.472 e. The predicted molar refractivity (Wildman–Crippen MR) is 97.4 cm³/mol. The standard InChI is InChI=1S/C20H19FN4O/c1-12(22)26-18-8-7-16-15(9-10-23-20(16)18)17-11-25(2)24-19(17)13-3-5-14(21)6-4-13/h3-6,9-11,18,22H,7-8H2,1-2H3. The van der Waals surface area contributed by atoms with Gasteiger partial charge in [-0.1, -0.05) is 0 Å². The van der Waals surface area contributed by atoms with E-state index in [9.17, 15) is 4.39 Å². The monoisotopic (exact) mass is 350 g/mol. The minimum Gasteiger partial charge on any atom is -0.472 e. The van der Waals surface area contributed by atoms with Gasteiger partial charge >= 0.3 is 0 Å². The van der Waals surface area contributed by atoms with Gasteiger partial charge in [-0.25, -0.2) is 4.39 Å². The predicted octanol–water partition coefficient (Wildman–Crippen LogP) is 4.29. The molecule has 0 amide bonds. The summed E-state index contributed by atoms with van der Waals surface area (Å²) in [6, 6.07) is 8.37. The summed E-state index contributed by atoms with van der Waals surface area (Å²) in [5.74, 6) is -0.0681. The quantitative estimate of drug-likeness (QED) is 0.566. The summed E-state index contributed by atoms with van der Waals surface area (Å²) in [4.78, 5) is 4.50. The van der Waals surface area contributed by atoms with E-state index in [1.807, 2.05) is 19.3 Å².